The topological polar surface area (TPSA) is 79.3 Å². The molecule has 0 fully saturated rings. The summed E-state index contributed by atoms with van der Waals surface area (Å²) < 4.78 is 13.2. The maximum absolute atomic E-state index is 13.2. The van der Waals surface area contributed by atoms with Crippen LogP contribution in [0.25, 0.3) is 0 Å². The van der Waals surface area contributed by atoms with Crippen LogP contribution in [-0.2, 0) is 6.54 Å². The Bertz CT molecular complexity index is 674. The van der Waals surface area contributed by atoms with Crippen LogP contribution in [0.3, 0.4) is 0 Å². The molecule has 0 aliphatic heterocycles. The van der Waals surface area contributed by atoms with E-state index in [1.54, 1.807) is 0 Å². The summed E-state index contributed by atoms with van der Waals surface area (Å²) >= 11 is 6.64. The predicted octanol–water partition coefficient (Wildman–Crippen LogP) is 2.56. The third-order valence-electron chi connectivity index (χ3n) is 2.35. The molecule has 0 aliphatic carbocycles. The highest BCUT2D eigenvalue weighted by Gasteiger charge is 2.11. The van der Waals surface area contributed by atoms with E-state index in [4.69, 9.17) is 16.7 Å². The number of hydrogen-bond donors (Lipinski definition) is 2. The van der Waals surface area contributed by atoms with E-state index in [1.165, 1.54) is 17.5 Å². The number of hydrogen-bond acceptors (Lipinski definition) is 4. The summed E-state index contributed by atoms with van der Waals surface area (Å²) in [6.07, 6.45) is 0. The summed E-state index contributed by atoms with van der Waals surface area (Å²) in [7, 11) is 0. The maximum Gasteiger partial charge on any atom is 0.355 e. The van der Waals surface area contributed by atoms with E-state index in [1.807, 2.05) is 0 Å². The van der Waals surface area contributed by atoms with Crippen LogP contribution >= 0.6 is 22.9 Å². The van der Waals surface area contributed by atoms with Gasteiger partial charge in [-0.1, -0.05) is 11.6 Å². The molecule has 0 bridgehead atoms. The van der Waals surface area contributed by atoms with Gasteiger partial charge in [0, 0.05) is 10.9 Å². The number of halogens is 2. The second kappa shape index (κ2) is 5.98. The SMILES string of the molecule is O=C(NCc1nc(C(=O)O)cs1)c1ccc(Cl)c(F)c1. The number of thiazole rings is 1. The quantitative estimate of drug-likeness (QED) is 0.909. The third kappa shape index (κ3) is 3.31. The first-order valence-electron chi connectivity index (χ1n) is 5.38. The number of nitrogens with zero attached hydrogens (tertiary/aromatic N) is 1. The molecule has 1 aromatic carbocycles. The molecule has 0 saturated heterocycles. The van der Waals surface area contributed by atoms with Crippen LogP contribution in [-0.4, -0.2) is 22.0 Å². The van der Waals surface area contributed by atoms with Gasteiger partial charge in [0.1, 0.15) is 10.8 Å². The van der Waals surface area contributed by atoms with Crippen LogP contribution in [0.15, 0.2) is 23.6 Å². The van der Waals surface area contributed by atoms with Crippen LogP contribution < -0.4 is 5.32 Å². The normalized spacial score (nSPS) is 10.3. The van der Waals surface area contributed by atoms with Crippen molar-refractivity contribution in [3.05, 3.63) is 50.7 Å². The van der Waals surface area contributed by atoms with Gasteiger partial charge in [0.2, 0.25) is 0 Å². The van der Waals surface area contributed by atoms with Gasteiger partial charge in [-0.2, -0.15) is 0 Å². The minimum Gasteiger partial charge on any atom is -0.476 e. The molecule has 5 nitrogen and oxygen atoms in total. The Hall–Kier alpha value is -1.99. The second-order valence-corrected chi connectivity index (χ2v) is 5.09. The summed E-state index contributed by atoms with van der Waals surface area (Å²) in [6, 6.07) is 3.71. The molecule has 0 aliphatic rings. The number of carbonyl (C=O) groups excluding carboxylic acids is 1. The van der Waals surface area contributed by atoms with E-state index in [0.29, 0.717) is 5.01 Å². The average molecular weight is 315 g/mol. The van der Waals surface area contributed by atoms with Crippen LogP contribution in [0.4, 0.5) is 4.39 Å². The van der Waals surface area contributed by atoms with Crippen molar-refractivity contribution in [2.24, 2.45) is 0 Å². The van der Waals surface area contributed by atoms with Gasteiger partial charge in [-0.25, -0.2) is 14.2 Å². The largest absolute Gasteiger partial charge is 0.476 e. The molecule has 104 valence electrons. The lowest BCUT2D eigenvalue weighted by atomic mass is 10.2. The van der Waals surface area contributed by atoms with Gasteiger partial charge in [0.05, 0.1) is 11.6 Å². The van der Waals surface area contributed by atoms with Gasteiger partial charge in [-0.15, -0.1) is 11.3 Å². The lowest BCUT2D eigenvalue weighted by molar-refractivity contribution is 0.0691. The van der Waals surface area contributed by atoms with Crippen molar-refractivity contribution < 1.29 is 19.1 Å². The number of carboxylic acids is 1. The van der Waals surface area contributed by atoms with Crippen molar-refractivity contribution in [2.75, 3.05) is 0 Å². The minimum atomic E-state index is -1.13. The van der Waals surface area contributed by atoms with E-state index in [9.17, 15) is 14.0 Å². The summed E-state index contributed by atoms with van der Waals surface area (Å²) in [5.74, 6) is -2.30. The lowest BCUT2D eigenvalue weighted by Gasteiger charge is -2.03. The fraction of sp³-hybridized carbons (Fsp3) is 0.0833. The summed E-state index contributed by atoms with van der Waals surface area (Å²) in [6.45, 7) is 0.0705. The number of amides is 1. The molecular weight excluding hydrogens is 307 g/mol. The Morgan fingerprint density at radius 2 is 2.20 bits per heavy atom. The molecule has 20 heavy (non-hydrogen) atoms. The summed E-state index contributed by atoms with van der Waals surface area (Å²) in [4.78, 5) is 26.2. The van der Waals surface area contributed by atoms with Crippen molar-refractivity contribution in [3.8, 4) is 0 Å². The molecule has 0 saturated carbocycles. The highest BCUT2D eigenvalue weighted by molar-refractivity contribution is 7.09. The van der Waals surface area contributed by atoms with Crippen molar-refractivity contribution in [1.82, 2.24) is 10.3 Å². The van der Waals surface area contributed by atoms with E-state index < -0.39 is 17.7 Å². The number of benzene rings is 1. The monoisotopic (exact) mass is 314 g/mol. The highest BCUT2D eigenvalue weighted by Crippen LogP contribution is 2.16. The van der Waals surface area contributed by atoms with Gasteiger partial charge in [-0.05, 0) is 18.2 Å². The van der Waals surface area contributed by atoms with Gasteiger partial charge in [0.25, 0.3) is 5.91 Å². The van der Waals surface area contributed by atoms with E-state index >= 15 is 0 Å². The zero-order valence-corrected chi connectivity index (χ0v) is 11.5. The van der Waals surface area contributed by atoms with Gasteiger partial charge >= 0.3 is 5.97 Å². The fourth-order valence-corrected chi connectivity index (χ4v) is 2.21. The number of aromatic nitrogens is 1. The Balaban J connectivity index is 2.00. The fourth-order valence-electron chi connectivity index (χ4n) is 1.39. The Morgan fingerprint density at radius 3 is 2.80 bits per heavy atom. The van der Waals surface area contributed by atoms with Crippen LogP contribution in [0, 0.1) is 5.82 Å². The Kier molecular flexibility index (Phi) is 4.31. The molecular formula is C12H8ClFN2O3S. The zero-order chi connectivity index (χ0) is 14.7. The van der Waals surface area contributed by atoms with E-state index in [2.05, 4.69) is 10.3 Å². The highest BCUT2D eigenvalue weighted by atomic mass is 35.5. The summed E-state index contributed by atoms with van der Waals surface area (Å²) in [5, 5.41) is 13.0. The molecule has 0 unspecified atom stereocenters. The van der Waals surface area contributed by atoms with Crippen LogP contribution in [0.2, 0.25) is 5.02 Å². The minimum absolute atomic E-state index is 0.0624. The molecule has 1 amide bonds. The van der Waals surface area contributed by atoms with Gasteiger partial charge < -0.3 is 10.4 Å². The molecule has 2 rings (SSSR count). The molecule has 8 heteroatoms. The average Bonchev–Trinajstić information content (AvgIpc) is 2.88. The Morgan fingerprint density at radius 1 is 1.45 bits per heavy atom. The number of carboxylic acid groups (broad SMARTS) is 1. The zero-order valence-electron chi connectivity index (χ0n) is 9.89. The number of aromatic carboxylic acids is 1. The van der Waals surface area contributed by atoms with E-state index in [-0.39, 0.29) is 22.8 Å². The molecule has 1 aromatic heterocycles. The van der Waals surface area contributed by atoms with Gasteiger partial charge in [0.15, 0.2) is 5.69 Å². The van der Waals surface area contributed by atoms with Gasteiger partial charge in [-0.3, -0.25) is 4.79 Å². The standard InChI is InChI=1S/C12H8ClFN2O3S/c13-7-2-1-6(3-8(7)14)11(17)15-4-10-16-9(5-20-10)12(18)19/h1-3,5H,4H2,(H,15,17)(H,18,19). The molecule has 0 spiro atoms. The van der Waals surface area contributed by atoms with E-state index in [0.717, 1.165) is 17.4 Å². The third-order valence-corrected chi connectivity index (χ3v) is 3.51. The first-order valence-corrected chi connectivity index (χ1v) is 6.64. The molecule has 1 heterocycles. The maximum atomic E-state index is 13.2. The smallest absolute Gasteiger partial charge is 0.355 e. The Labute approximate surface area is 122 Å². The number of nitrogens with one attached hydrogen (secondary N) is 1. The lowest BCUT2D eigenvalue weighted by Crippen LogP contribution is -2.22. The molecule has 2 N–H and O–H groups in total. The summed E-state index contributed by atoms with van der Waals surface area (Å²) in [5.41, 5.74) is 0.0544. The first kappa shape index (κ1) is 14.4. The van der Waals surface area contributed by atoms with Crippen LogP contribution in [0.5, 0.6) is 0 Å². The number of rotatable bonds is 4. The molecule has 0 atom stereocenters. The molecule has 0 radical (unpaired) electrons. The first-order chi connectivity index (χ1) is 9.47. The second-order valence-electron chi connectivity index (χ2n) is 3.74. The van der Waals surface area contributed by atoms with Crippen molar-refractivity contribution in [2.45, 2.75) is 6.54 Å². The van der Waals surface area contributed by atoms with Crippen molar-refractivity contribution in [1.29, 1.82) is 0 Å². The molecule has 2 aromatic rings. The number of carbonyl (C=O) groups is 2. The van der Waals surface area contributed by atoms with Crippen LogP contribution in [0.1, 0.15) is 25.9 Å². The van der Waals surface area contributed by atoms with Crippen molar-refractivity contribution in [3.63, 3.8) is 0 Å². The van der Waals surface area contributed by atoms with Crippen molar-refractivity contribution >= 4 is 34.8 Å². The predicted molar refractivity (Wildman–Crippen MR) is 71.7 cm³/mol.